The number of rotatable bonds is 20. The van der Waals surface area contributed by atoms with Crippen molar-refractivity contribution in [3.05, 3.63) is 23.8 Å². The van der Waals surface area contributed by atoms with Crippen molar-refractivity contribution in [2.24, 2.45) is 23.7 Å². The van der Waals surface area contributed by atoms with E-state index in [1.165, 1.54) is 0 Å². The molecule has 0 aromatic carbocycles. The number of aliphatic hydroxyl groups excluding tert-OH is 1. The zero-order chi connectivity index (χ0) is 42.6. The van der Waals surface area contributed by atoms with Gasteiger partial charge in [-0.3, -0.25) is 14.4 Å². The molecule has 57 heavy (non-hydrogen) atoms. The fraction of sp³-hybridized carbons (Fsp3) is 0.848. The maximum absolute atomic E-state index is 13.7. The Balaban J connectivity index is 1.53. The number of hydrogen-bond donors (Lipinski definition) is 3. The van der Waals surface area contributed by atoms with Crippen LogP contribution in [0.3, 0.4) is 0 Å². The Bertz CT molecular complexity index is 1340. The normalized spacial score (nSPS) is 29.8. The van der Waals surface area contributed by atoms with Crippen molar-refractivity contribution in [3.8, 4) is 0 Å². The first-order valence-electron chi connectivity index (χ1n) is 22.4. The average molecular weight is 819 g/mol. The third-order valence-electron chi connectivity index (χ3n) is 13.4. The van der Waals surface area contributed by atoms with E-state index in [0.29, 0.717) is 24.8 Å². The van der Waals surface area contributed by atoms with Crippen molar-refractivity contribution in [1.82, 2.24) is 10.6 Å². The van der Waals surface area contributed by atoms with Crippen molar-refractivity contribution < 1.29 is 38.1 Å². The van der Waals surface area contributed by atoms with Gasteiger partial charge in [0.15, 0.2) is 19.9 Å². The van der Waals surface area contributed by atoms with Gasteiger partial charge >= 0.3 is 0 Å². The van der Waals surface area contributed by atoms with Crippen LogP contribution in [0.1, 0.15) is 153 Å². The standard InChI is InChI=1S/C46H82N2O8Si/c1-13-16-37(50)28-39-22-20-32(3)41(53-39)29-43(51)48-30-42(56-57(11,12)45(8,9)10)35(6)44(52)47-26-15-18-40-33(4)23-25-46(55-40)24-14-17-38(54-46)21-19-31(2)27-34(5)36(7)49/h13,16,27,31-33,35-36,38-42,49H,14-15,17-26,28-30H2,1-12H3,(H,47,52)(H,48,51)/b16-13+,34-27+/t31-,32-,33-,35-,36-,38-,39+,40+,41-,42-,46-/m0/s1. The summed E-state index contributed by atoms with van der Waals surface area (Å²) in [5.41, 5.74) is 1.02. The Hall–Kier alpha value is -1.89. The van der Waals surface area contributed by atoms with Crippen LogP contribution in [0.4, 0.5) is 0 Å². The van der Waals surface area contributed by atoms with E-state index >= 15 is 0 Å². The van der Waals surface area contributed by atoms with Crippen LogP contribution in [0.25, 0.3) is 0 Å². The zero-order valence-corrected chi connectivity index (χ0v) is 38.9. The number of aliphatic hydroxyl groups is 1. The van der Waals surface area contributed by atoms with Crippen LogP contribution in [0.2, 0.25) is 18.1 Å². The monoisotopic (exact) mass is 819 g/mol. The Kier molecular flexibility index (Phi) is 19.6. The molecule has 0 aromatic rings. The maximum Gasteiger partial charge on any atom is 0.225 e. The van der Waals surface area contributed by atoms with Crippen LogP contribution in [0, 0.1) is 23.7 Å². The molecule has 328 valence electrons. The summed E-state index contributed by atoms with van der Waals surface area (Å²) in [5.74, 6) is -0.138. The summed E-state index contributed by atoms with van der Waals surface area (Å²) < 4.78 is 26.6. The number of ketones is 1. The Labute approximate surface area is 347 Å². The molecule has 0 radical (unpaired) electrons. The predicted molar refractivity (Wildman–Crippen MR) is 231 cm³/mol. The summed E-state index contributed by atoms with van der Waals surface area (Å²) in [6, 6.07) is 0. The second-order valence-corrected chi connectivity index (χ2v) is 24.3. The van der Waals surface area contributed by atoms with Gasteiger partial charge < -0.3 is 34.4 Å². The van der Waals surface area contributed by atoms with E-state index in [1.807, 2.05) is 27.7 Å². The molecule has 0 bridgehead atoms. The highest BCUT2D eigenvalue weighted by Crippen LogP contribution is 2.43. The average Bonchev–Trinajstić information content (AvgIpc) is 3.13. The van der Waals surface area contributed by atoms with Gasteiger partial charge in [-0.1, -0.05) is 60.6 Å². The molecule has 2 amide bonds. The highest BCUT2D eigenvalue weighted by Gasteiger charge is 2.45. The fourth-order valence-corrected chi connectivity index (χ4v) is 9.59. The predicted octanol–water partition coefficient (Wildman–Crippen LogP) is 8.96. The van der Waals surface area contributed by atoms with Crippen molar-refractivity contribution in [2.45, 2.75) is 213 Å². The summed E-state index contributed by atoms with van der Waals surface area (Å²) in [6.45, 7) is 25.8. The number of carbonyl (C=O) groups is 3. The molecule has 11 heteroatoms. The number of hydrogen-bond acceptors (Lipinski definition) is 8. The minimum atomic E-state index is -2.28. The van der Waals surface area contributed by atoms with Gasteiger partial charge in [-0.15, -0.1) is 0 Å². The van der Waals surface area contributed by atoms with Gasteiger partial charge in [0.05, 0.1) is 49.0 Å². The summed E-state index contributed by atoms with van der Waals surface area (Å²) in [5, 5.41) is 16.1. The number of carbonyl (C=O) groups excluding carboxylic acids is 3. The lowest BCUT2D eigenvalue weighted by atomic mass is 9.85. The molecule has 3 rings (SSSR count). The molecule has 3 fully saturated rings. The van der Waals surface area contributed by atoms with Crippen molar-refractivity contribution in [1.29, 1.82) is 0 Å². The van der Waals surface area contributed by atoms with E-state index in [9.17, 15) is 19.5 Å². The fourth-order valence-electron chi connectivity index (χ4n) is 8.19. The topological polar surface area (TPSA) is 132 Å². The minimum Gasteiger partial charge on any atom is -0.411 e. The number of ether oxygens (including phenoxy) is 3. The lowest BCUT2D eigenvalue weighted by Crippen LogP contribution is -2.52. The molecule has 0 saturated carbocycles. The van der Waals surface area contributed by atoms with Gasteiger partial charge in [0, 0.05) is 32.4 Å². The Morgan fingerprint density at radius 1 is 0.930 bits per heavy atom. The van der Waals surface area contributed by atoms with Crippen molar-refractivity contribution in [3.63, 3.8) is 0 Å². The summed E-state index contributed by atoms with van der Waals surface area (Å²) in [7, 11) is -2.28. The van der Waals surface area contributed by atoms with Crippen LogP contribution in [0.15, 0.2) is 23.8 Å². The van der Waals surface area contributed by atoms with E-state index in [2.05, 4.69) is 71.3 Å². The highest BCUT2D eigenvalue weighted by atomic mass is 28.4. The molecule has 0 unspecified atom stereocenters. The first-order valence-corrected chi connectivity index (χ1v) is 25.3. The smallest absolute Gasteiger partial charge is 0.225 e. The zero-order valence-electron chi connectivity index (χ0n) is 37.9. The van der Waals surface area contributed by atoms with Gasteiger partial charge in [-0.25, -0.2) is 0 Å². The summed E-state index contributed by atoms with van der Waals surface area (Å²) >= 11 is 0. The highest BCUT2D eigenvalue weighted by molar-refractivity contribution is 6.74. The van der Waals surface area contributed by atoms with Crippen LogP contribution in [-0.2, 0) is 33.0 Å². The Morgan fingerprint density at radius 3 is 2.30 bits per heavy atom. The van der Waals surface area contributed by atoms with Gasteiger partial charge in [0.25, 0.3) is 0 Å². The number of amides is 2. The third kappa shape index (κ3) is 15.9. The second-order valence-electron chi connectivity index (χ2n) is 19.5. The van der Waals surface area contributed by atoms with Crippen LogP contribution in [0.5, 0.6) is 0 Å². The van der Waals surface area contributed by atoms with Gasteiger partial charge in [0.2, 0.25) is 11.8 Å². The van der Waals surface area contributed by atoms with Crippen LogP contribution >= 0.6 is 0 Å². The molecule has 11 atom stereocenters. The van der Waals surface area contributed by atoms with E-state index in [1.54, 1.807) is 12.2 Å². The molecule has 1 spiro atoms. The van der Waals surface area contributed by atoms with Gasteiger partial charge in [-0.05, 0) is 126 Å². The number of nitrogens with one attached hydrogen (secondary N) is 2. The van der Waals surface area contributed by atoms with Crippen molar-refractivity contribution in [2.75, 3.05) is 13.1 Å². The maximum atomic E-state index is 13.7. The van der Waals surface area contributed by atoms with E-state index in [4.69, 9.17) is 18.6 Å². The third-order valence-corrected chi connectivity index (χ3v) is 17.9. The first-order chi connectivity index (χ1) is 26.6. The lowest BCUT2D eigenvalue weighted by molar-refractivity contribution is -0.324. The molecular weight excluding hydrogens is 737 g/mol. The summed E-state index contributed by atoms with van der Waals surface area (Å²) in [6.07, 6.45) is 15.4. The molecular formula is C46H82N2O8Si. The van der Waals surface area contributed by atoms with E-state index < -0.39 is 32.2 Å². The molecule has 3 saturated heterocycles. The molecule has 3 heterocycles. The molecule has 3 aliphatic heterocycles. The molecule has 0 aromatic heterocycles. The molecule has 3 aliphatic rings. The quantitative estimate of drug-likeness (QED) is 0.0481. The molecule has 0 aliphatic carbocycles. The second kappa shape index (κ2) is 22.6. The largest absolute Gasteiger partial charge is 0.411 e. The van der Waals surface area contributed by atoms with E-state index in [0.717, 1.165) is 76.2 Å². The SMILES string of the molecule is C/C=C/C(=O)C[C@H]1CC[C@H](C)[C@H](CC(=O)NC[C@H](O[Si](C)(C)C(C)(C)C)[C@H](C)C(=O)NCCC[C@H]2O[C@@]3(CCC[C@@H](CC[C@H](C)/C=C(\C)[C@H](C)O)O3)CC[C@@H]2C)O1. The van der Waals surface area contributed by atoms with Crippen LogP contribution < -0.4 is 10.6 Å². The summed E-state index contributed by atoms with van der Waals surface area (Å²) in [4.78, 5) is 39.2. The molecule has 10 nitrogen and oxygen atoms in total. The lowest BCUT2D eigenvalue weighted by Gasteiger charge is -2.48. The van der Waals surface area contributed by atoms with Gasteiger partial charge in [0.1, 0.15) is 0 Å². The minimum absolute atomic E-state index is 0.0432. The Morgan fingerprint density at radius 2 is 1.63 bits per heavy atom. The molecule has 3 N–H and O–H groups in total. The van der Waals surface area contributed by atoms with Crippen molar-refractivity contribution >= 4 is 25.9 Å². The van der Waals surface area contributed by atoms with Crippen LogP contribution in [-0.4, -0.2) is 86.5 Å². The first kappa shape index (κ1) is 49.5. The van der Waals surface area contributed by atoms with E-state index in [-0.39, 0.29) is 65.9 Å². The number of allylic oxidation sites excluding steroid dienone is 3. The van der Waals surface area contributed by atoms with Gasteiger partial charge in [-0.2, -0.15) is 0 Å².